The normalized spacial score (nSPS) is 18.8. The van der Waals surface area contributed by atoms with Crippen LogP contribution in [0.25, 0.3) is 49.9 Å². The maximum absolute atomic E-state index is 5.23. The van der Waals surface area contributed by atoms with Crippen molar-refractivity contribution in [2.24, 2.45) is 4.99 Å². The Bertz CT molecular complexity index is 2590. The molecule has 0 radical (unpaired) electrons. The predicted octanol–water partition coefficient (Wildman–Crippen LogP) is 10.1. The number of rotatable bonds is 5. The molecule has 52 heavy (non-hydrogen) atoms. The molecule has 0 bridgehead atoms. The van der Waals surface area contributed by atoms with E-state index in [0.29, 0.717) is 6.54 Å². The number of aliphatic imine (C=N–C) groups is 1. The summed E-state index contributed by atoms with van der Waals surface area (Å²) in [5, 5.41) is 13.8. The summed E-state index contributed by atoms with van der Waals surface area (Å²) in [4.78, 5) is 5.23. The van der Waals surface area contributed by atoms with Crippen molar-refractivity contribution in [3.8, 4) is 22.3 Å². The number of nitrogens with one attached hydrogen (secondary N) is 3. The number of para-hydroxylation sites is 1. The van der Waals surface area contributed by atoms with Gasteiger partial charge in [-0.1, -0.05) is 141 Å². The van der Waals surface area contributed by atoms with Gasteiger partial charge in [-0.25, -0.2) is 4.99 Å². The predicted molar refractivity (Wildman–Crippen MR) is 215 cm³/mol. The SMILES string of the molecule is CC1(C)c2ccccc2-c2cc3c4ccccc4n(C4=CC=C(C5=NC(c6ccccc6)NC(c6ccc(-c7ccccc7)cc6)N5)CN4)c3cc21. The summed E-state index contributed by atoms with van der Waals surface area (Å²) in [6.07, 6.45) is 4.15. The van der Waals surface area contributed by atoms with E-state index >= 15 is 0 Å². The lowest BCUT2D eigenvalue weighted by Gasteiger charge is -2.33. The number of fused-ring (bicyclic) bond motifs is 6. The fourth-order valence-corrected chi connectivity index (χ4v) is 8.42. The molecule has 2 unspecified atom stereocenters. The van der Waals surface area contributed by atoms with Crippen LogP contribution in [0.2, 0.25) is 0 Å². The number of benzene rings is 6. The van der Waals surface area contributed by atoms with Gasteiger partial charge in [0.2, 0.25) is 0 Å². The molecule has 252 valence electrons. The molecule has 1 aromatic heterocycles. The van der Waals surface area contributed by atoms with Gasteiger partial charge in [-0.15, -0.1) is 0 Å². The standard InChI is InChI=1S/C47H39N5/c1-47(2)39-19-11-9-17-35(39)37-27-38-36-18-10-12-20-41(36)52(42(38)28-40(37)47)43-26-25-34(29-48-43)46-50-44(32-15-7-4-8-16-32)49-45(51-46)33-23-21-31(22-24-33)30-13-5-3-6-14-30/h3-28,44-45,48-49H,29H2,1-2H3,(H,50,51). The maximum atomic E-state index is 5.23. The fraction of sp³-hybridized carbons (Fsp3) is 0.128. The van der Waals surface area contributed by atoms with E-state index in [1.807, 2.05) is 0 Å². The Balaban J connectivity index is 1.03. The fourth-order valence-electron chi connectivity index (χ4n) is 8.42. The smallest absolute Gasteiger partial charge is 0.129 e. The summed E-state index contributed by atoms with van der Waals surface area (Å²) in [6, 6.07) is 52.4. The Morgan fingerprint density at radius 2 is 1.33 bits per heavy atom. The van der Waals surface area contributed by atoms with Gasteiger partial charge < -0.3 is 10.6 Å². The zero-order valence-corrected chi connectivity index (χ0v) is 29.3. The topological polar surface area (TPSA) is 53.4 Å². The van der Waals surface area contributed by atoms with Gasteiger partial charge in [0.25, 0.3) is 0 Å². The average molecular weight is 674 g/mol. The van der Waals surface area contributed by atoms with Crippen molar-refractivity contribution in [2.45, 2.75) is 31.6 Å². The highest BCUT2D eigenvalue weighted by molar-refractivity contribution is 6.12. The minimum atomic E-state index is -0.186. The first-order chi connectivity index (χ1) is 25.5. The molecule has 0 amide bonds. The molecule has 10 rings (SSSR count). The van der Waals surface area contributed by atoms with E-state index in [0.717, 1.165) is 28.4 Å². The van der Waals surface area contributed by atoms with Crippen LogP contribution in [0.3, 0.4) is 0 Å². The molecular weight excluding hydrogens is 635 g/mol. The summed E-state index contributed by atoms with van der Waals surface area (Å²) in [5.74, 6) is 1.96. The third kappa shape index (κ3) is 4.92. The highest BCUT2D eigenvalue weighted by atomic mass is 15.3. The van der Waals surface area contributed by atoms with Gasteiger partial charge in [-0.2, -0.15) is 0 Å². The molecule has 5 heteroatoms. The van der Waals surface area contributed by atoms with Gasteiger partial charge in [0, 0.05) is 28.3 Å². The van der Waals surface area contributed by atoms with Crippen LogP contribution in [0.1, 0.15) is 48.4 Å². The zero-order chi connectivity index (χ0) is 34.8. The lowest BCUT2D eigenvalue weighted by molar-refractivity contribution is 0.408. The summed E-state index contributed by atoms with van der Waals surface area (Å²) < 4.78 is 2.40. The Labute approximate surface area is 304 Å². The Morgan fingerprint density at radius 3 is 2.12 bits per heavy atom. The van der Waals surface area contributed by atoms with Gasteiger partial charge in [-0.05, 0) is 74.9 Å². The molecule has 3 heterocycles. The second kappa shape index (κ2) is 12.0. The second-order valence-electron chi connectivity index (χ2n) is 14.6. The Morgan fingerprint density at radius 1 is 0.615 bits per heavy atom. The Hall–Kier alpha value is -6.17. The first-order valence-corrected chi connectivity index (χ1v) is 18.2. The lowest BCUT2D eigenvalue weighted by Crippen LogP contribution is -2.46. The molecule has 3 aliphatic rings. The molecule has 0 spiro atoms. The summed E-state index contributed by atoms with van der Waals surface area (Å²) in [7, 11) is 0. The van der Waals surface area contributed by atoms with Gasteiger partial charge >= 0.3 is 0 Å². The minimum Gasteiger partial charge on any atom is -0.367 e. The molecule has 3 N–H and O–H groups in total. The average Bonchev–Trinajstić information content (AvgIpc) is 3.65. The van der Waals surface area contributed by atoms with E-state index < -0.39 is 0 Å². The van der Waals surface area contributed by atoms with E-state index in [2.05, 4.69) is 192 Å². The molecule has 0 fully saturated rings. The highest BCUT2D eigenvalue weighted by Crippen LogP contribution is 2.50. The molecule has 7 aromatic rings. The first-order valence-electron chi connectivity index (χ1n) is 18.2. The number of allylic oxidation sites excluding steroid dienone is 2. The van der Waals surface area contributed by atoms with Crippen LogP contribution in [0.15, 0.2) is 168 Å². The van der Waals surface area contributed by atoms with Gasteiger partial charge in [0.15, 0.2) is 0 Å². The quantitative estimate of drug-likeness (QED) is 0.171. The summed E-state index contributed by atoms with van der Waals surface area (Å²) in [5.41, 5.74) is 13.6. The van der Waals surface area contributed by atoms with Crippen molar-refractivity contribution in [1.29, 1.82) is 0 Å². The molecule has 5 nitrogen and oxygen atoms in total. The van der Waals surface area contributed by atoms with Gasteiger partial charge in [-0.3, -0.25) is 9.88 Å². The van der Waals surface area contributed by atoms with Gasteiger partial charge in [0.05, 0.1) is 11.0 Å². The van der Waals surface area contributed by atoms with Crippen molar-refractivity contribution < 1.29 is 0 Å². The van der Waals surface area contributed by atoms with Crippen molar-refractivity contribution >= 4 is 33.5 Å². The molecule has 2 aliphatic heterocycles. The molecule has 0 saturated carbocycles. The van der Waals surface area contributed by atoms with Crippen LogP contribution in [-0.2, 0) is 5.41 Å². The molecule has 0 saturated heterocycles. The van der Waals surface area contributed by atoms with E-state index in [9.17, 15) is 0 Å². The lowest BCUT2D eigenvalue weighted by atomic mass is 9.82. The molecular formula is C47H39N5. The monoisotopic (exact) mass is 673 g/mol. The number of hydrogen-bond acceptors (Lipinski definition) is 4. The molecule has 1 aliphatic carbocycles. The molecule has 6 aromatic carbocycles. The van der Waals surface area contributed by atoms with Gasteiger partial charge in [0.1, 0.15) is 24.0 Å². The minimum absolute atomic E-state index is 0.0740. The maximum Gasteiger partial charge on any atom is 0.129 e. The van der Waals surface area contributed by atoms with Crippen LogP contribution in [0.4, 0.5) is 0 Å². The molecule has 2 atom stereocenters. The second-order valence-corrected chi connectivity index (χ2v) is 14.6. The number of aromatic nitrogens is 1. The summed E-state index contributed by atoms with van der Waals surface area (Å²) in [6.45, 7) is 5.35. The zero-order valence-electron chi connectivity index (χ0n) is 29.3. The van der Waals surface area contributed by atoms with E-state index in [1.165, 1.54) is 55.2 Å². The number of dihydropyridines is 1. The van der Waals surface area contributed by atoms with E-state index in [1.54, 1.807) is 0 Å². The van der Waals surface area contributed by atoms with Crippen LogP contribution < -0.4 is 16.0 Å². The van der Waals surface area contributed by atoms with Crippen molar-refractivity contribution in [1.82, 2.24) is 20.5 Å². The van der Waals surface area contributed by atoms with E-state index in [4.69, 9.17) is 4.99 Å². The van der Waals surface area contributed by atoms with Crippen LogP contribution in [-0.4, -0.2) is 16.9 Å². The van der Waals surface area contributed by atoms with Crippen molar-refractivity contribution in [2.75, 3.05) is 6.54 Å². The first kappa shape index (κ1) is 30.6. The number of nitrogens with zero attached hydrogens (tertiary/aromatic N) is 2. The number of amidine groups is 1. The van der Waals surface area contributed by atoms with Crippen molar-refractivity contribution in [3.05, 3.63) is 186 Å². The largest absolute Gasteiger partial charge is 0.367 e. The highest BCUT2D eigenvalue weighted by Gasteiger charge is 2.36. The van der Waals surface area contributed by atoms with Crippen LogP contribution in [0.5, 0.6) is 0 Å². The third-order valence-electron chi connectivity index (χ3n) is 11.2. The number of hydrogen-bond donors (Lipinski definition) is 3. The Kier molecular flexibility index (Phi) is 7.05. The van der Waals surface area contributed by atoms with Crippen LogP contribution in [0, 0.1) is 0 Å². The third-order valence-corrected chi connectivity index (χ3v) is 11.2. The summed E-state index contributed by atoms with van der Waals surface area (Å²) >= 11 is 0. The van der Waals surface area contributed by atoms with Crippen LogP contribution >= 0.6 is 0 Å². The van der Waals surface area contributed by atoms with E-state index in [-0.39, 0.29) is 17.7 Å². The van der Waals surface area contributed by atoms with Crippen molar-refractivity contribution in [3.63, 3.8) is 0 Å².